The number of nitrogens with zero attached hydrogens (tertiary/aromatic N) is 2. The van der Waals surface area contributed by atoms with Crippen molar-refractivity contribution in [2.45, 2.75) is 6.10 Å². The number of rotatable bonds is 4. The molecule has 21 heavy (non-hydrogen) atoms. The Balaban J connectivity index is 2.07. The van der Waals surface area contributed by atoms with E-state index in [1.807, 2.05) is 6.07 Å². The molecule has 4 nitrogen and oxygen atoms in total. The van der Waals surface area contributed by atoms with Crippen molar-refractivity contribution in [3.63, 3.8) is 0 Å². The van der Waals surface area contributed by atoms with Crippen LogP contribution in [-0.2, 0) is 0 Å². The van der Waals surface area contributed by atoms with Gasteiger partial charge in [0.2, 0.25) is 0 Å². The fourth-order valence-corrected chi connectivity index (χ4v) is 2.23. The van der Waals surface area contributed by atoms with Crippen LogP contribution in [0.3, 0.4) is 0 Å². The summed E-state index contributed by atoms with van der Waals surface area (Å²) in [5.41, 5.74) is 2.46. The smallest absolute Gasteiger partial charge is 0.101 e. The first-order valence-corrected chi connectivity index (χ1v) is 7.05. The molecule has 0 heterocycles. The third-order valence-electron chi connectivity index (χ3n) is 3.01. The van der Waals surface area contributed by atoms with Crippen molar-refractivity contribution in [3.05, 3.63) is 63.6 Å². The average molecular weight is 342 g/mol. The number of hydrogen-bond acceptors (Lipinski definition) is 4. The maximum absolute atomic E-state index is 10.1. The maximum Gasteiger partial charge on any atom is 0.101 e. The van der Waals surface area contributed by atoms with Gasteiger partial charge in [-0.3, -0.25) is 0 Å². The number of nitriles is 2. The SMILES string of the molecule is N#Cc1ccc(C(O)CNc2cc(Br)ccc2C#N)cc1. The van der Waals surface area contributed by atoms with Crippen LogP contribution in [0.1, 0.15) is 22.8 Å². The van der Waals surface area contributed by atoms with E-state index in [1.54, 1.807) is 42.5 Å². The number of aliphatic hydroxyl groups is 1. The molecule has 1 unspecified atom stereocenters. The molecule has 0 radical (unpaired) electrons. The number of aliphatic hydroxyl groups excluding tert-OH is 1. The molecule has 0 bridgehead atoms. The lowest BCUT2D eigenvalue weighted by atomic mass is 10.1. The summed E-state index contributed by atoms with van der Waals surface area (Å²) >= 11 is 3.35. The van der Waals surface area contributed by atoms with Gasteiger partial charge in [-0.05, 0) is 35.9 Å². The molecule has 0 saturated heterocycles. The van der Waals surface area contributed by atoms with Crippen LogP contribution in [0.2, 0.25) is 0 Å². The molecule has 0 aliphatic heterocycles. The molecule has 0 spiro atoms. The van der Waals surface area contributed by atoms with E-state index in [9.17, 15) is 5.11 Å². The Morgan fingerprint density at radius 1 is 1.10 bits per heavy atom. The molecule has 0 aromatic heterocycles. The van der Waals surface area contributed by atoms with E-state index in [4.69, 9.17) is 10.5 Å². The molecule has 2 aromatic rings. The summed E-state index contributed by atoms with van der Waals surface area (Å²) in [6.45, 7) is 0.275. The molecule has 0 amide bonds. The van der Waals surface area contributed by atoms with Crippen LogP contribution in [0.5, 0.6) is 0 Å². The lowest BCUT2D eigenvalue weighted by Crippen LogP contribution is -2.12. The van der Waals surface area contributed by atoms with Gasteiger partial charge < -0.3 is 10.4 Å². The summed E-state index contributed by atoms with van der Waals surface area (Å²) in [7, 11) is 0. The van der Waals surface area contributed by atoms with Crippen molar-refractivity contribution < 1.29 is 5.11 Å². The Hall–Kier alpha value is -2.34. The van der Waals surface area contributed by atoms with E-state index in [0.717, 1.165) is 10.0 Å². The van der Waals surface area contributed by atoms with Gasteiger partial charge >= 0.3 is 0 Å². The van der Waals surface area contributed by atoms with E-state index in [0.29, 0.717) is 16.8 Å². The van der Waals surface area contributed by atoms with Crippen LogP contribution in [0.15, 0.2) is 46.9 Å². The minimum absolute atomic E-state index is 0.275. The van der Waals surface area contributed by atoms with Crippen LogP contribution < -0.4 is 5.32 Å². The zero-order valence-corrected chi connectivity index (χ0v) is 12.6. The Kier molecular flexibility index (Phi) is 4.94. The zero-order valence-electron chi connectivity index (χ0n) is 11.0. The minimum atomic E-state index is -0.719. The Labute approximate surface area is 131 Å². The van der Waals surface area contributed by atoms with E-state index >= 15 is 0 Å². The Morgan fingerprint density at radius 3 is 2.43 bits per heavy atom. The van der Waals surface area contributed by atoms with Crippen molar-refractivity contribution in [1.82, 2.24) is 0 Å². The first-order chi connectivity index (χ1) is 10.1. The first kappa shape index (κ1) is 15.1. The topological polar surface area (TPSA) is 79.8 Å². The quantitative estimate of drug-likeness (QED) is 0.893. The van der Waals surface area contributed by atoms with Crippen LogP contribution in [0.25, 0.3) is 0 Å². The normalized spacial score (nSPS) is 11.2. The van der Waals surface area contributed by atoms with Gasteiger partial charge in [-0.15, -0.1) is 0 Å². The van der Waals surface area contributed by atoms with E-state index in [1.165, 1.54) is 0 Å². The second-order valence-corrected chi connectivity index (χ2v) is 5.35. The fourth-order valence-electron chi connectivity index (χ4n) is 1.86. The molecular formula is C16H12BrN3O. The molecule has 2 aromatic carbocycles. The lowest BCUT2D eigenvalue weighted by Gasteiger charge is -2.14. The summed E-state index contributed by atoms with van der Waals surface area (Å²) < 4.78 is 0.858. The highest BCUT2D eigenvalue weighted by atomic mass is 79.9. The zero-order chi connectivity index (χ0) is 15.2. The summed E-state index contributed by atoms with van der Waals surface area (Å²) in [6, 6.07) is 16.2. The summed E-state index contributed by atoms with van der Waals surface area (Å²) in [4.78, 5) is 0. The van der Waals surface area contributed by atoms with Gasteiger partial charge in [-0.25, -0.2) is 0 Å². The first-order valence-electron chi connectivity index (χ1n) is 6.25. The number of nitrogens with one attached hydrogen (secondary N) is 1. The second kappa shape index (κ2) is 6.90. The third kappa shape index (κ3) is 3.82. The monoisotopic (exact) mass is 341 g/mol. The molecule has 0 fully saturated rings. The Morgan fingerprint density at radius 2 is 1.81 bits per heavy atom. The lowest BCUT2D eigenvalue weighted by molar-refractivity contribution is 0.191. The second-order valence-electron chi connectivity index (χ2n) is 4.43. The van der Waals surface area contributed by atoms with E-state index in [2.05, 4.69) is 27.3 Å². The Bertz CT molecular complexity index is 714. The standard InChI is InChI=1S/C16H12BrN3O/c17-14-6-5-13(9-19)15(7-14)20-10-16(21)12-3-1-11(8-18)2-4-12/h1-7,16,20-21H,10H2. The molecule has 0 aliphatic rings. The predicted octanol–water partition coefficient (Wildman–Crippen LogP) is 3.34. The number of anilines is 1. The van der Waals surface area contributed by atoms with Crippen LogP contribution in [0.4, 0.5) is 5.69 Å². The highest BCUT2D eigenvalue weighted by molar-refractivity contribution is 9.10. The van der Waals surface area contributed by atoms with E-state index < -0.39 is 6.10 Å². The number of benzene rings is 2. The molecular weight excluding hydrogens is 330 g/mol. The van der Waals surface area contributed by atoms with Crippen molar-refractivity contribution in [2.24, 2.45) is 0 Å². The van der Waals surface area contributed by atoms with Crippen molar-refractivity contribution in [2.75, 3.05) is 11.9 Å². The number of halogens is 1. The van der Waals surface area contributed by atoms with E-state index in [-0.39, 0.29) is 6.54 Å². The van der Waals surface area contributed by atoms with Gasteiger partial charge in [0.15, 0.2) is 0 Å². The maximum atomic E-state index is 10.1. The van der Waals surface area contributed by atoms with Gasteiger partial charge in [-0.2, -0.15) is 10.5 Å². The molecule has 5 heteroatoms. The molecule has 2 rings (SSSR count). The fraction of sp³-hybridized carbons (Fsp3) is 0.125. The van der Waals surface area contributed by atoms with Crippen LogP contribution in [-0.4, -0.2) is 11.7 Å². The summed E-state index contributed by atoms with van der Waals surface area (Å²) in [5, 5.41) is 31.0. The van der Waals surface area contributed by atoms with Crippen molar-refractivity contribution in [3.8, 4) is 12.1 Å². The summed E-state index contributed by atoms with van der Waals surface area (Å²) in [5.74, 6) is 0. The predicted molar refractivity (Wildman–Crippen MR) is 83.5 cm³/mol. The van der Waals surface area contributed by atoms with Gasteiger partial charge in [-0.1, -0.05) is 28.1 Å². The van der Waals surface area contributed by atoms with Gasteiger partial charge in [0.05, 0.1) is 29.0 Å². The minimum Gasteiger partial charge on any atom is -0.387 e. The molecule has 0 saturated carbocycles. The van der Waals surface area contributed by atoms with Gasteiger partial charge in [0.1, 0.15) is 6.07 Å². The average Bonchev–Trinajstić information content (AvgIpc) is 2.52. The summed E-state index contributed by atoms with van der Waals surface area (Å²) in [6.07, 6.45) is -0.719. The highest BCUT2D eigenvalue weighted by Crippen LogP contribution is 2.22. The van der Waals surface area contributed by atoms with Crippen LogP contribution >= 0.6 is 15.9 Å². The molecule has 104 valence electrons. The molecule has 1 atom stereocenters. The highest BCUT2D eigenvalue weighted by Gasteiger charge is 2.09. The van der Waals surface area contributed by atoms with Crippen LogP contribution in [0, 0.1) is 22.7 Å². The van der Waals surface area contributed by atoms with Gasteiger partial charge in [0, 0.05) is 11.0 Å². The van der Waals surface area contributed by atoms with Crippen molar-refractivity contribution >= 4 is 21.6 Å². The molecule has 0 aliphatic carbocycles. The largest absolute Gasteiger partial charge is 0.387 e. The third-order valence-corrected chi connectivity index (χ3v) is 3.51. The number of hydrogen-bond donors (Lipinski definition) is 2. The van der Waals surface area contributed by atoms with Crippen molar-refractivity contribution in [1.29, 1.82) is 10.5 Å². The molecule has 2 N–H and O–H groups in total. The van der Waals surface area contributed by atoms with Gasteiger partial charge in [0.25, 0.3) is 0 Å².